The van der Waals surface area contributed by atoms with Crippen molar-refractivity contribution < 1.29 is 13.0 Å². The maximum absolute atomic E-state index is 11.0. The lowest BCUT2D eigenvalue weighted by molar-refractivity contribution is 0.482. The molecule has 4 nitrogen and oxygen atoms in total. The van der Waals surface area contributed by atoms with Crippen LogP contribution in [0.2, 0.25) is 0 Å². The van der Waals surface area contributed by atoms with Gasteiger partial charge in [-0.3, -0.25) is 4.55 Å². The van der Waals surface area contributed by atoms with E-state index >= 15 is 0 Å². The maximum Gasteiger partial charge on any atom is 0.294 e. The van der Waals surface area contributed by atoms with Crippen LogP contribution < -0.4 is 5.32 Å². The lowest BCUT2D eigenvalue weighted by atomic mass is 10.0. The summed E-state index contributed by atoms with van der Waals surface area (Å²) in [7, 11) is -4.08. The molecule has 0 spiro atoms. The summed E-state index contributed by atoms with van der Waals surface area (Å²) in [5.74, 6) is 0. The number of rotatable bonds is 1. The summed E-state index contributed by atoms with van der Waals surface area (Å²) in [6.07, 6.45) is 1.58. The molecule has 0 aliphatic carbocycles. The van der Waals surface area contributed by atoms with Crippen LogP contribution in [0.4, 0.5) is 5.69 Å². The van der Waals surface area contributed by atoms with Crippen LogP contribution in [-0.2, 0) is 16.5 Å². The normalized spacial score (nSPS) is 15.8. The van der Waals surface area contributed by atoms with Crippen molar-refractivity contribution in [2.24, 2.45) is 0 Å². The van der Waals surface area contributed by atoms with Gasteiger partial charge in [-0.05, 0) is 30.5 Å². The predicted octanol–water partition coefficient (Wildman–Crippen LogP) is 1.29. The van der Waals surface area contributed by atoms with E-state index in [-0.39, 0.29) is 4.90 Å². The third-order valence-electron chi connectivity index (χ3n) is 2.33. The monoisotopic (exact) mass is 213 g/mol. The Morgan fingerprint density at radius 3 is 2.86 bits per heavy atom. The second kappa shape index (κ2) is 3.25. The standard InChI is InChI=1S/C9H11NO3S/c11-14(12,13)9-5-1-4-8-7(9)3-2-6-10-8/h1,4-5,10H,2-3,6H2,(H,11,12,13). The van der Waals surface area contributed by atoms with Crippen LogP contribution in [0, 0.1) is 0 Å². The summed E-state index contributed by atoms with van der Waals surface area (Å²) in [6.45, 7) is 0.849. The highest BCUT2D eigenvalue weighted by Crippen LogP contribution is 2.27. The Morgan fingerprint density at radius 1 is 1.36 bits per heavy atom. The largest absolute Gasteiger partial charge is 0.385 e. The van der Waals surface area contributed by atoms with Gasteiger partial charge in [-0.15, -0.1) is 0 Å². The van der Waals surface area contributed by atoms with Crippen LogP contribution >= 0.6 is 0 Å². The number of hydrogen-bond donors (Lipinski definition) is 2. The van der Waals surface area contributed by atoms with Gasteiger partial charge < -0.3 is 5.32 Å². The molecule has 0 aromatic heterocycles. The number of nitrogens with one attached hydrogen (secondary N) is 1. The molecule has 0 fully saturated rings. The molecule has 2 rings (SSSR count). The molecule has 1 aliphatic heterocycles. The zero-order chi connectivity index (χ0) is 10.2. The molecule has 5 heteroatoms. The highest BCUT2D eigenvalue weighted by Gasteiger charge is 2.19. The van der Waals surface area contributed by atoms with Gasteiger partial charge in [0.15, 0.2) is 0 Å². The Hall–Kier alpha value is -1.07. The van der Waals surface area contributed by atoms with Gasteiger partial charge in [-0.2, -0.15) is 8.42 Å². The lowest BCUT2D eigenvalue weighted by Gasteiger charge is -2.19. The van der Waals surface area contributed by atoms with E-state index in [4.69, 9.17) is 4.55 Å². The summed E-state index contributed by atoms with van der Waals surface area (Å²) in [5, 5.41) is 3.10. The van der Waals surface area contributed by atoms with Gasteiger partial charge in [-0.1, -0.05) is 6.07 Å². The minimum atomic E-state index is -4.08. The molecule has 76 valence electrons. The van der Waals surface area contributed by atoms with Crippen molar-refractivity contribution in [3.8, 4) is 0 Å². The van der Waals surface area contributed by atoms with Crippen molar-refractivity contribution in [3.05, 3.63) is 23.8 Å². The van der Waals surface area contributed by atoms with Crippen LogP contribution in [-0.4, -0.2) is 19.5 Å². The van der Waals surface area contributed by atoms with Gasteiger partial charge >= 0.3 is 0 Å². The van der Waals surface area contributed by atoms with Gasteiger partial charge in [-0.25, -0.2) is 0 Å². The summed E-state index contributed by atoms with van der Waals surface area (Å²) >= 11 is 0. The highest BCUT2D eigenvalue weighted by molar-refractivity contribution is 7.85. The molecular weight excluding hydrogens is 202 g/mol. The number of anilines is 1. The maximum atomic E-state index is 11.0. The topological polar surface area (TPSA) is 66.4 Å². The molecule has 0 atom stereocenters. The third-order valence-corrected chi connectivity index (χ3v) is 3.27. The molecule has 0 saturated heterocycles. The van der Waals surface area contributed by atoms with E-state index in [1.165, 1.54) is 6.07 Å². The van der Waals surface area contributed by atoms with Gasteiger partial charge in [0.1, 0.15) is 0 Å². The van der Waals surface area contributed by atoms with Gasteiger partial charge in [0, 0.05) is 12.2 Å². The second-order valence-corrected chi connectivity index (χ2v) is 4.68. The van der Waals surface area contributed by atoms with Gasteiger partial charge in [0.2, 0.25) is 0 Å². The van der Waals surface area contributed by atoms with Crippen molar-refractivity contribution in [2.45, 2.75) is 17.7 Å². The van der Waals surface area contributed by atoms with E-state index in [1.807, 2.05) is 6.07 Å². The summed E-state index contributed by atoms with van der Waals surface area (Å²) in [5.41, 5.74) is 1.51. The van der Waals surface area contributed by atoms with Crippen molar-refractivity contribution in [2.75, 3.05) is 11.9 Å². The van der Waals surface area contributed by atoms with E-state index < -0.39 is 10.1 Å². The molecule has 2 N–H and O–H groups in total. The van der Waals surface area contributed by atoms with Crippen LogP contribution in [0.1, 0.15) is 12.0 Å². The van der Waals surface area contributed by atoms with E-state index in [0.29, 0.717) is 12.0 Å². The molecule has 0 saturated carbocycles. The molecule has 0 radical (unpaired) electrons. The van der Waals surface area contributed by atoms with E-state index in [9.17, 15) is 8.42 Å². The number of fused-ring (bicyclic) bond motifs is 1. The zero-order valence-electron chi connectivity index (χ0n) is 7.53. The third kappa shape index (κ3) is 1.60. The zero-order valence-corrected chi connectivity index (χ0v) is 8.34. The average Bonchev–Trinajstić information content (AvgIpc) is 2.15. The Morgan fingerprint density at radius 2 is 2.14 bits per heavy atom. The van der Waals surface area contributed by atoms with Crippen LogP contribution in [0.15, 0.2) is 23.1 Å². The van der Waals surface area contributed by atoms with E-state index in [1.54, 1.807) is 6.07 Å². The van der Waals surface area contributed by atoms with Gasteiger partial charge in [0.05, 0.1) is 4.90 Å². The molecular formula is C9H11NO3S. The summed E-state index contributed by atoms with van der Waals surface area (Å²) in [4.78, 5) is 0.0298. The second-order valence-electron chi connectivity index (χ2n) is 3.29. The lowest BCUT2D eigenvalue weighted by Crippen LogP contribution is -2.15. The minimum Gasteiger partial charge on any atom is -0.385 e. The Labute approximate surface area is 82.7 Å². The predicted molar refractivity (Wildman–Crippen MR) is 53.1 cm³/mol. The summed E-state index contributed by atoms with van der Waals surface area (Å²) < 4.78 is 31.1. The first kappa shape index (κ1) is 9.48. The molecule has 0 amide bonds. The van der Waals surface area contributed by atoms with Gasteiger partial charge in [0.25, 0.3) is 10.1 Å². The first-order chi connectivity index (χ1) is 6.59. The van der Waals surface area contributed by atoms with Crippen molar-refractivity contribution >= 4 is 15.8 Å². The van der Waals surface area contributed by atoms with Crippen molar-refractivity contribution in [3.63, 3.8) is 0 Å². The quantitative estimate of drug-likeness (QED) is 0.690. The fourth-order valence-corrected chi connectivity index (χ4v) is 2.49. The number of hydrogen-bond acceptors (Lipinski definition) is 3. The van der Waals surface area contributed by atoms with Crippen molar-refractivity contribution in [1.29, 1.82) is 0 Å². The molecule has 14 heavy (non-hydrogen) atoms. The smallest absolute Gasteiger partial charge is 0.294 e. The molecule has 1 aromatic rings. The minimum absolute atomic E-state index is 0.0298. The Balaban J connectivity index is 2.62. The summed E-state index contributed by atoms with van der Waals surface area (Å²) in [6, 6.07) is 4.88. The fourth-order valence-electron chi connectivity index (χ4n) is 1.72. The highest BCUT2D eigenvalue weighted by atomic mass is 32.2. The number of benzene rings is 1. The van der Waals surface area contributed by atoms with E-state index in [2.05, 4.69) is 5.32 Å². The van der Waals surface area contributed by atoms with E-state index in [0.717, 1.165) is 18.7 Å². The SMILES string of the molecule is O=S(=O)(O)c1cccc2c1CCCN2. The van der Waals surface area contributed by atoms with Crippen LogP contribution in [0.3, 0.4) is 0 Å². The Bertz CT molecular complexity index is 453. The molecule has 1 heterocycles. The van der Waals surface area contributed by atoms with Crippen LogP contribution in [0.5, 0.6) is 0 Å². The first-order valence-corrected chi connectivity index (χ1v) is 5.86. The fraction of sp³-hybridized carbons (Fsp3) is 0.333. The van der Waals surface area contributed by atoms with Crippen LogP contribution in [0.25, 0.3) is 0 Å². The molecule has 1 aromatic carbocycles. The Kier molecular flexibility index (Phi) is 2.20. The average molecular weight is 213 g/mol. The molecule has 0 bridgehead atoms. The van der Waals surface area contributed by atoms with Crippen molar-refractivity contribution in [1.82, 2.24) is 0 Å². The molecule has 1 aliphatic rings. The first-order valence-electron chi connectivity index (χ1n) is 4.42. The molecule has 0 unspecified atom stereocenters.